The lowest BCUT2D eigenvalue weighted by Gasteiger charge is -2.14. The average Bonchev–Trinajstić information content (AvgIpc) is 2.70. The summed E-state index contributed by atoms with van der Waals surface area (Å²) in [6, 6.07) is 14.4. The minimum absolute atomic E-state index is 0.102. The van der Waals surface area contributed by atoms with Crippen molar-refractivity contribution in [1.29, 1.82) is 0 Å². The minimum atomic E-state index is -1.19. The van der Waals surface area contributed by atoms with Crippen LogP contribution in [-0.4, -0.2) is 11.9 Å². The third-order valence-electron chi connectivity index (χ3n) is 4.25. The third kappa shape index (κ3) is 5.97. The molecule has 0 heterocycles. The molecule has 0 bridgehead atoms. The number of halogens is 4. The first kappa shape index (κ1) is 23.1. The molecule has 1 atom stereocenters. The summed E-state index contributed by atoms with van der Waals surface area (Å²) in [6.07, 6.45) is 0. The molecule has 0 aliphatic heterocycles. The minimum Gasteiger partial charge on any atom is -0.308 e. The molecule has 0 aliphatic carbocycles. The molecule has 3 aromatic carbocycles. The number of imide groups is 1. The van der Waals surface area contributed by atoms with E-state index in [1.54, 1.807) is 12.1 Å². The molecule has 31 heavy (non-hydrogen) atoms. The summed E-state index contributed by atoms with van der Waals surface area (Å²) < 4.78 is 27.3. The number of amides is 3. The Kier molecular flexibility index (Phi) is 7.54. The molecule has 0 saturated carbocycles. The van der Waals surface area contributed by atoms with Gasteiger partial charge in [-0.1, -0.05) is 41.4 Å². The fourth-order valence-corrected chi connectivity index (χ4v) is 4.14. The molecule has 0 aliphatic rings. The van der Waals surface area contributed by atoms with Crippen molar-refractivity contribution >= 4 is 52.6 Å². The molecule has 0 aromatic heterocycles. The van der Waals surface area contributed by atoms with Gasteiger partial charge >= 0.3 is 6.03 Å². The summed E-state index contributed by atoms with van der Waals surface area (Å²) in [7, 11) is 0. The van der Waals surface area contributed by atoms with E-state index >= 15 is 0 Å². The average molecular weight is 481 g/mol. The van der Waals surface area contributed by atoms with Gasteiger partial charge in [0, 0.05) is 20.9 Å². The summed E-state index contributed by atoms with van der Waals surface area (Å²) >= 11 is 13.8. The third-order valence-corrected chi connectivity index (χ3v) is 6.16. The summed E-state index contributed by atoms with van der Waals surface area (Å²) in [5.74, 6) is -3.32. The van der Waals surface area contributed by atoms with Gasteiger partial charge in [-0.2, -0.15) is 0 Å². The summed E-state index contributed by atoms with van der Waals surface area (Å²) in [6.45, 7) is 2.03. The fraction of sp³-hybridized carbons (Fsp3) is 0.0909. The summed E-state index contributed by atoms with van der Waals surface area (Å²) in [5, 5.41) is 5.46. The number of hydrogen-bond acceptors (Lipinski definition) is 3. The van der Waals surface area contributed by atoms with E-state index in [1.807, 2.05) is 36.5 Å². The molecule has 160 valence electrons. The molecular weight excluding hydrogens is 465 g/mol. The quantitative estimate of drug-likeness (QED) is 0.383. The topological polar surface area (TPSA) is 58.2 Å². The molecule has 0 fully saturated rings. The Bertz CT molecular complexity index is 1110. The Morgan fingerprint density at radius 2 is 1.61 bits per heavy atom. The SMILES string of the molecule is CC(Sc1ccc(NC(=O)NC(=O)c2c(F)cccc2F)cc1Cl)c1ccc(Cl)cc1. The van der Waals surface area contributed by atoms with Crippen molar-refractivity contribution in [2.75, 3.05) is 5.32 Å². The zero-order valence-electron chi connectivity index (χ0n) is 16.1. The lowest BCUT2D eigenvalue weighted by Crippen LogP contribution is -2.35. The number of urea groups is 1. The highest BCUT2D eigenvalue weighted by molar-refractivity contribution is 7.99. The number of anilines is 1. The number of hydrogen-bond donors (Lipinski definition) is 2. The van der Waals surface area contributed by atoms with E-state index in [9.17, 15) is 18.4 Å². The van der Waals surface area contributed by atoms with Gasteiger partial charge in [0.2, 0.25) is 0 Å². The maximum Gasteiger partial charge on any atom is 0.326 e. The van der Waals surface area contributed by atoms with Gasteiger partial charge in [0.25, 0.3) is 5.91 Å². The summed E-state index contributed by atoms with van der Waals surface area (Å²) in [5.41, 5.74) is 0.553. The maximum atomic E-state index is 13.7. The molecule has 0 saturated heterocycles. The van der Waals surface area contributed by atoms with Gasteiger partial charge in [0.1, 0.15) is 17.2 Å². The number of benzene rings is 3. The number of nitrogens with one attached hydrogen (secondary N) is 2. The Hall–Kier alpha value is -2.61. The second-order valence-corrected chi connectivity index (χ2v) is 8.69. The summed E-state index contributed by atoms with van der Waals surface area (Å²) in [4.78, 5) is 24.8. The Labute approximate surface area is 191 Å². The van der Waals surface area contributed by atoms with Gasteiger partial charge in [-0.3, -0.25) is 10.1 Å². The standard InChI is InChI=1S/C22H16Cl2F2N2O2S/c1-12(13-5-7-14(23)8-6-13)31-19-10-9-15(11-16(19)24)27-22(30)28-21(29)20-17(25)3-2-4-18(20)26/h2-12H,1H3,(H2,27,28,29,30). The maximum absolute atomic E-state index is 13.7. The van der Waals surface area contributed by atoms with Crippen molar-refractivity contribution in [3.05, 3.63) is 93.5 Å². The zero-order chi connectivity index (χ0) is 22.5. The molecule has 3 aromatic rings. The van der Waals surface area contributed by atoms with Crippen LogP contribution in [0.25, 0.3) is 0 Å². The van der Waals surface area contributed by atoms with Crippen LogP contribution in [-0.2, 0) is 0 Å². The first-order chi connectivity index (χ1) is 14.7. The van der Waals surface area contributed by atoms with Crippen LogP contribution in [0.5, 0.6) is 0 Å². The van der Waals surface area contributed by atoms with Gasteiger partial charge in [-0.05, 0) is 55.0 Å². The van der Waals surface area contributed by atoms with E-state index in [1.165, 1.54) is 17.8 Å². The van der Waals surface area contributed by atoms with Gasteiger partial charge in [0.05, 0.1) is 5.02 Å². The lowest BCUT2D eigenvalue weighted by molar-refractivity contribution is 0.0959. The van der Waals surface area contributed by atoms with Crippen LogP contribution < -0.4 is 10.6 Å². The molecule has 0 spiro atoms. The van der Waals surface area contributed by atoms with Crippen molar-refractivity contribution in [1.82, 2.24) is 5.32 Å². The van der Waals surface area contributed by atoms with Crippen molar-refractivity contribution in [3.63, 3.8) is 0 Å². The van der Waals surface area contributed by atoms with E-state index in [4.69, 9.17) is 23.2 Å². The van der Waals surface area contributed by atoms with Crippen LogP contribution in [0.4, 0.5) is 19.3 Å². The highest BCUT2D eigenvalue weighted by atomic mass is 35.5. The Morgan fingerprint density at radius 1 is 0.968 bits per heavy atom. The van der Waals surface area contributed by atoms with Crippen molar-refractivity contribution in [3.8, 4) is 0 Å². The first-order valence-electron chi connectivity index (χ1n) is 9.02. The molecule has 1 unspecified atom stereocenters. The highest BCUT2D eigenvalue weighted by Crippen LogP contribution is 2.39. The first-order valence-corrected chi connectivity index (χ1v) is 10.7. The van der Waals surface area contributed by atoms with Crippen LogP contribution in [0.3, 0.4) is 0 Å². The largest absolute Gasteiger partial charge is 0.326 e. The van der Waals surface area contributed by atoms with Crippen molar-refractivity contribution < 1.29 is 18.4 Å². The lowest BCUT2D eigenvalue weighted by atomic mass is 10.2. The van der Waals surface area contributed by atoms with Gasteiger partial charge < -0.3 is 5.32 Å². The highest BCUT2D eigenvalue weighted by Gasteiger charge is 2.19. The molecule has 0 radical (unpaired) electrons. The number of carbonyl (C=O) groups is 2. The van der Waals surface area contributed by atoms with E-state index in [2.05, 4.69) is 5.32 Å². The Morgan fingerprint density at radius 3 is 2.23 bits per heavy atom. The van der Waals surface area contributed by atoms with E-state index in [-0.39, 0.29) is 5.25 Å². The normalized spacial score (nSPS) is 11.6. The number of carbonyl (C=O) groups excluding carboxylic acids is 2. The van der Waals surface area contributed by atoms with Crippen LogP contribution >= 0.6 is 35.0 Å². The second-order valence-electron chi connectivity index (χ2n) is 6.46. The predicted molar refractivity (Wildman–Crippen MR) is 120 cm³/mol. The fourth-order valence-electron chi connectivity index (χ4n) is 2.71. The van der Waals surface area contributed by atoms with Gasteiger partial charge in [-0.15, -0.1) is 11.8 Å². The van der Waals surface area contributed by atoms with Crippen LogP contribution in [0.15, 0.2) is 65.6 Å². The van der Waals surface area contributed by atoms with Crippen molar-refractivity contribution in [2.24, 2.45) is 0 Å². The van der Waals surface area contributed by atoms with Crippen LogP contribution in [0, 0.1) is 11.6 Å². The van der Waals surface area contributed by atoms with E-state index < -0.39 is 29.1 Å². The molecule has 9 heteroatoms. The number of thioether (sulfide) groups is 1. The van der Waals surface area contributed by atoms with Crippen LogP contribution in [0.2, 0.25) is 10.0 Å². The van der Waals surface area contributed by atoms with Crippen molar-refractivity contribution in [2.45, 2.75) is 17.1 Å². The molecule has 3 rings (SSSR count). The second kappa shape index (κ2) is 10.1. The van der Waals surface area contributed by atoms with Crippen LogP contribution in [0.1, 0.15) is 28.1 Å². The predicted octanol–water partition coefficient (Wildman–Crippen LogP) is 7.09. The monoisotopic (exact) mass is 480 g/mol. The zero-order valence-corrected chi connectivity index (χ0v) is 18.4. The van der Waals surface area contributed by atoms with Gasteiger partial charge in [-0.25, -0.2) is 13.6 Å². The van der Waals surface area contributed by atoms with Gasteiger partial charge in [0.15, 0.2) is 0 Å². The van der Waals surface area contributed by atoms with E-state index in [0.29, 0.717) is 15.7 Å². The smallest absolute Gasteiger partial charge is 0.308 e. The Balaban J connectivity index is 1.63. The van der Waals surface area contributed by atoms with E-state index in [0.717, 1.165) is 28.7 Å². The number of rotatable bonds is 5. The molecular formula is C22H16Cl2F2N2O2S. The molecule has 3 amide bonds. The molecule has 4 nitrogen and oxygen atoms in total. The molecule has 2 N–H and O–H groups in total.